The summed E-state index contributed by atoms with van der Waals surface area (Å²) in [6.07, 6.45) is 5.33. The van der Waals surface area contributed by atoms with Crippen molar-refractivity contribution in [3.05, 3.63) is 76.2 Å². The molecule has 2 fully saturated rings. The first-order valence-corrected chi connectivity index (χ1v) is 13.6. The van der Waals surface area contributed by atoms with Gasteiger partial charge < -0.3 is 4.90 Å². The van der Waals surface area contributed by atoms with E-state index < -0.39 is 0 Å². The van der Waals surface area contributed by atoms with E-state index in [0.717, 1.165) is 37.9 Å². The molecule has 2 saturated heterocycles. The lowest BCUT2D eigenvalue weighted by Gasteiger charge is -2.32. The number of nitrogens with zero attached hydrogens (tertiary/aromatic N) is 2. The first-order chi connectivity index (χ1) is 16.7. The molecule has 2 heterocycles. The molecule has 0 bridgehead atoms. The van der Waals surface area contributed by atoms with Crippen LogP contribution in [0.2, 0.25) is 0 Å². The average molecular weight is 507 g/mol. The average Bonchev–Trinajstić information content (AvgIpc) is 3.10. The summed E-state index contributed by atoms with van der Waals surface area (Å²) in [5.74, 6) is 0.629. The maximum Gasteiger partial charge on any atom is 0.266 e. The highest BCUT2D eigenvalue weighted by Gasteiger charge is 2.33. The molecule has 2 amide bonds. The van der Waals surface area contributed by atoms with Crippen LogP contribution in [0.5, 0.6) is 0 Å². The zero-order valence-electron chi connectivity index (χ0n) is 20.8. The number of hydrogen-bond acceptors (Lipinski definition) is 4. The van der Waals surface area contributed by atoms with Gasteiger partial charge in [-0.1, -0.05) is 99.3 Å². The quantitative estimate of drug-likeness (QED) is 0.353. The molecule has 2 aromatic carbocycles. The van der Waals surface area contributed by atoms with Gasteiger partial charge >= 0.3 is 0 Å². The normalized spacial score (nSPS) is 18.5. The van der Waals surface area contributed by atoms with Crippen molar-refractivity contribution in [3.63, 3.8) is 0 Å². The lowest BCUT2D eigenvalue weighted by molar-refractivity contribution is -0.133. The van der Waals surface area contributed by atoms with E-state index in [-0.39, 0.29) is 17.2 Å². The number of amides is 2. The van der Waals surface area contributed by atoms with Gasteiger partial charge in [-0.3, -0.25) is 14.5 Å². The van der Waals surface area contributed by atoms with Crippen LogP contribution in [0.25, 0.3) is 6.08 Å². The molecule has 2 aromatic rings. The molecular weight excluding hydrogens is 472 g/mol. The van der Waals surface area contributed by atoms with Gasteiger partial charge in [0.1, 0.15) is 4.32 Å². The van der Waals surface area contributed by atoms with Gasteiger partial charge in [0.05, 0.1) is 4.91 Å². The Labute approximate surface area is 218 Å². The van der Waals surface area contributed by atoms with E-state index in [4.69, 9.17) is 12.2 Å². The second-order valence-corrected chi connectivity index (χ2v) is 12.1. The Morgan fingerprint density at radius 1 is 1.06 bits per heavy atom. The number of rotatable bonds is 6. The van der Waals surface area contributed by atoms with Gasteiger partial charge in [0.25, 0.3) is 5.91 Å². The number of likely N-dealkylation sites (tertiary alicyclic amines) is 1. The van der Waals surface area contributed by atoms with Gasteiger partial charge in [-0.15, -0.1) is 0 Å². The Bertz CT molecular complexity index is 1100. The molecule has 184 valence electrons. The summed E-state index contributed by atoms with van der Waals surface area (Å²) in [7, 11) is 0. The summed E-state index contributed by atoms with van der Waals surface area (Å²) in [5, 5.41) is 0. The number of carbonyl (C=O) groups excluding carboxylic acids is 2. The van der Waals surface area contributed by atoms with E-state index in [9.17, 15) is 9.59 Å². The Balaban J connectivity index is 1.27. The second-order valence-electron chi connectivity index (χ2n) is 10.5. The van der Waals surface area contributed by atoms with Gasteiger partial charge in [0, 0.05) is 26.1 Å². The number of piperidine rings is 1. The molecule has 0 aromatic heterocycles. The van der Waals surface area contributed by atoms with Crippen LogP contribution in [0.3, 0.4) is 0 Å². The Hall–Kier alpha value is -2.44. The molecule has 4 nitrogen and oxygen atoms in total. The van der Waals surface area contributed by atoms with Crippen LogP contribution < -0.4 is 0 Å². The van der Waals surface area contributed by atoms with Crippen molar-refractivity contribution in [1.82, 2.24) is 9.80 Å². The molecule has 0 unspecified atom stereocenters. The summed E-state index contributed by atoms with van der Waals surface area (Å²) >= 11 is 6.79. The molecule has 0 saturated carbocycles. The third-order valence-corrected chi connectivity index (χ3v) is 8.21. The highest BCUT2D eigenvalue weighted by molar-refractivity contribution is 8.26. The fraction of sp³-hybridized carbons (Fsp3) is 0.414. The van der Waals surface area contributed by atoms with Crippen molar-refractivity contribution >= 4 is 46.2 Å². The molecule has 0 radical (unpaired) electrons. The van der Waals surface area contributed by atoms with Gasteiger partial charge in [-0.05, 0) is 53.4 Å². The molecule has 0 spiro atoms. The lowest BCUT2D eigenvalue weighted by atomic mass is 9.87. The third kappa shape index (κ3) is 6.62. The Kier molecular flexibility index (Phi) is 8.12. The van der Waals surface area contributed by atoms with Crippen molar-refractivity contribution in [2.75, 3.05) is 19.6 Å². The van der Waals surface area contributed by atoms with Crippen LogP contribution in [0.15, 0.2) is 59.5 Å². The predicted octanol–water partition coefficient (Wildman–Crippen LogP) is 6.06. The van der Waals surface area contributed by atoms with Crippen LogP contribution >= 0.6 is 24.0 Å². The summed E-state index contributed by atoms with van der Waals surface area (Å²) < 4.78 is 0.530. The lowest BCUT2D eigenvalue weighted by Crippen LogP contribution is -2.41. The van der Waals surface area contributed by atoms with Crippen molar-refractivity contribution in [2.45, 2.75) is 51.9 Å². The summed E-state index contributed by atoms with van der Waals surface area (Å²) in [6.45, 7) is 8.47. The van der Waals surface area contributed by atoms with Crippen molar-refractivity contribution in [2.24, 2.45) is 5.92 Å². The number of hydrogen-bond donors (Lipinski definition) is 0. The maximum absolute atomic E-state index is 13.0. The third-order valence-electron chi connectivity index (χ3n) is 6.83. The van der Waals surface area contributed by atoms with Gasteiger partial charge in [0.15, 0.2) is 0 Å². The van der Waals surface area contributed by atoms with Crippen LogP contribution in [-0.2, 0) is 21.4 Å². The van der Waals surface area contributed by atoms with Crippen LogP contribution in [-0.4, -0.2) is 45.6 Å². The van der Waals surface area contributed by atoms with Crippen molar-refractivity contribution in [1.29, 1.82) is 0 Å². The summed E-state index contributed by atoms with van der Waals surface area (Å²) in [6, 6.07) is 18.9. The predicted molar refractivity (Wildman–Crippen MR) is 149 cm³/mol. The SMILES string of the molecule is CC(C)(C)c1ccc(/C=C2\SC(=S)N(CCC(=O)N3CCC(Cc4ccccc4)CC3)C2=O)cc1. The monoisotopic (exact) mass is 506 g/mol. The molecule has 2 aliphatic rings. The molecule has 0 atom stereocenters. The van der Waals surface area contributed by atoms with E-state index in [0.29, 0.717) is 28.1 Å². The Morgan fingerprint density at radius 2 is 1.71 bits per heavy atom. The molecule has 0 N–H and O–H groups in total. The first kappa shape index (κ1) is 25.6. The number of thioether (sulfide) groups is 1. The molecular formula is C29H34N2O2S2. The van der Waals surface area contributed by atoms with Crippen LogP contribution in [0.4, 0.5) is 0 Å². The molecule has 2 aliphatic heterocycles. The van der Waals surface area contributed by atoms with E-state index in [1.807, 2.05) is 29.2 Å². The second kappa shape index (κ2) is 11.1. The molecule has 4 rings (SSSR count). The highest BCUT2D eigenvalue weighted by Crippen LogP contribution is 2.33. The van der Waals surface area contributed by atoms with Crippen molar-refractivity contribution < 1.29 is 9.59 Å². The van der Waals surface area contributed by atoms with Gasteiger partial charge in [-0.25, -0.2) is 0 Å². The molecule has 6 heteroatoms. The fourth-order valence-corrected chi connectivity index (χ4v) is 5.93. The topological polar surface area (TPSA) is 40.6 Å². The summed E-state index contributed by atoms with van der Waals surface area (Å²) in [4.78, 5) is 30.0. The van der Waals surface area contributed by atoms with E-state index in [2.05, 4.69) is 57.2 Å². The number of benzene rings is 2. The standard InChI is InChI=1S/C29H34N2O2S2/c1-29(2,3)24-11-9-22(10-12-24)20-25-27(33)31(28(34)35-25)18-15-26(32)30-16-13-23(14-17-30)19-21-7-5-4-6-8-21/h4-12,20,23H,13-19H2,1-3H3/b25-20-. The minimum atomic E-state index is -0.103. The summed E-state index contributed by atoms with van der Waals surface area (Å²) in [5.41, 5.74) is 3.69. The highest BCUT2D eigenvalue weighted by atomic mass is 32.2. The zero-order chi connectivity index (χ0) is 25.0. The molecule has 35 heavy (non-hydrogen) atoms. The number of carbonyl (C=O) groups is 2. The largest absolute Gasteiger partial charge is 0.343 e. The smallest absolute Gasteiger partial charge is 0.266 e. The van der Waals surface area contributed by atoms with Crippen LogP contribution in [0.1, 0.15) is 56.7 Å². The van der Waals surface area contributed by atoms with Crippen LogP contribution in [0, 0.1) is 5.92 Å². The molecule has 0 aliphatic carbocycles. The minimum Gasteiger partial charge on any atom is -0.343 e. The van der Waals surface area contributed by atoms with Crippen molar-refractivity contribution in [3.8, 4) is 0 Å². The van der Waals surface area contributed by atoms with Gasteiger partial charge in [0.2, 0.25) is 5.91 Å². The first-order valence-electron chi connectivity index (χ1n) is 12.4. The Morgan fingerprint density at radius 3 is 2.34 bits per heavy atom. The van der Waals surface area contributed by atoms with E-state index >= 15 is 0 Å². The maximum atomic E-state index is 13.0. The van der Waals surface area contributed by atoms with E-state index in [1.165, 1.54) is 22.9 Å². The fourth-order valence-electron chi connectivity index (χ4n) is 4.62. The zero-order valence-corrected chi connectivity index (χ0v) is 22.5. The van der Waals surface area contributed by atoms with E-state index in [1.54, 1.807) is 4.90 Å². The minimum absolute atomic E-state index is 0.0890. The van der Waals surface area contributed by atoms with Gasteiger partial charge in [-0.2, -0.15) is 0 Å². The number of thiocarbonyl (C=S) groups is 1.